The summed E-state index contributed by atoms with van der Waals surface area (Å²) in [5.74, 6) is 1.17. The molecule has 16 heavy (non-hydrogen) atoms. The number of ether oxygens (including phenoxy) is 1. The van der Waals surface area contributed by atoms with Crippen LogP contribution in [0.5, 0.6) is 5.75 Å². The average Bonchev–Trinajstić information content (AvgIpc) is 2.22. The maximum absolute atomic E-state index is 5.62. The molecule has 2 N–H and O–H groups in total. The van der Waals surface area contributed by atoms with Gasteiger partial charge in [0.05, 0.1) is 11.6 Å². The highest BCUT2D eigenvalue weighted by molar-refractivity contribution is 7.80. The van der Waals surface area contributed by atoms with Crippen LogP contribution >= 0.6 is 12.2 Å². The zero-order chi connectivity index (χ0) is 12.1. The Morgan fingerprint density at radius 3 is 2.69 bits per heavy atom. The molecule has 0 heterocycles. The number of hydrogen-bond acceptors (Lipinski definition) is 2. The van der Waals surface area contributed by atoms with Gasteiger partial charge in [-0.25, -0.2) is 0 Å². The quantitative estimate of drug-likeness (QED) is 0.800. The number of hydrogen-bond donors (Lipinski definition) is 1. The lowest BCUT2D eigenvalue weighted by molar-refractivity contribution is 0.340. The molecule has 0 aliphatic carbocycles. The third kappa shape index (κ3) is 3.49. The van der Waals surface area contributed by atoms with Crippen LogP contribution in [0.4, 0.5) is 0 Å². The van der Waals surface area contributed by atoms with Crippen LogP contribution in [-0.4, -0.2) is 11.6 Å². The summed E-state index contributed by atoms with van der Waals surface area (Å²) >= 11 is 4.98. The fourth-order valence-electron chi connectivity index (χ4n) is 1.58. The summed E-state index contributed by atoms with van der Waals surface area (Å²) < 4.78 is 5.44. The minimum atomic E-state index is 0.242. The first-order valence-electron chi connectivity index (χ1n) is 5.56. The zero-order valence-electron chi connectivity index (χ0n) is 10.1. The largest absolute Gasteiger partial charge is 0.494 e. The molecule has 0 saturated heterocycles. The Balaban J connectivity index is 2.78. The molecule has 1 rings (SSSR count). The first-order valence-corrected chi connectivity index (χ1v) is 5.97. The van der Waals surface area contributed by atoms with Crippen molar-refractivity contribution >= 4 is 17.2 Å². The smallest absolute Gasteiger partial charge is 0.119 e. The third-order valence-electron chi connectivity index (χ3n) is 2.64. The van der Waals surface area contributed by atoms with Gasteiger partial charge in [0.1, 0.15) is 5.75 Å². The van der Waals surface area contributed by atoms with Gasteiger partial charge in [-0.05, 0) is 43.5 Å². The normalized spacial score (nSPS) is 12.2. The Kier molecular flexibility index (Phi) is 4.74. The monoisotopic (exact) mass is 237 g/mol. The Hall–Kier alpha value is -1.09. The van der Waals surface area contributed by atoms with Gasteiger partial charge in [0, 0.05) is 5.92 Å². The van der Waals surface area contributed by atoms with Crippen molar-refractivity contribution in [1.29, 1.82) is 0 Å². The molecule has 88 valence electrons. The first-order chi connectivity index (χ1) is 7.54. The van der Waals surface area contributed by atoms with Gasteiger partial charge in [-0.15, -0.1) is 0 Å². The lowest BCUT2D eigenvalue weighted by Crippen LogP contribution is -2.20. The van der Waals surface area contributed by atoms with E-state index in [0.717, 1.165) is 12.2 Å². The van der Waals surface area contributed by atoms with Crippen molar-refractivity contribution in [2.45, 2.75) is 27.2 Å². The van der Waals surface area contributed by atoms with Crippen LogP contribution in [0.1, 0.15) is 25.0 Å². The van der Waals surface area contributed by atoms with E-state index in [2.05, 4.69) is 26.0 Å². The Bertz CT molecular complexity index is 376. The second kappa shape index (κ2) is 5.85. The van der Waals surface area contributed by atoms with Gasteiger partial charge in [0.25, 0.3) is 0 Å². The highest BCUT2D eigenvalue weighted by Crippen LogP contribution is 2.20. The highest BCUT2D eigenvalue weighted by atomic mass is 32.1. The third-order valence-corrected chi connectivity index (χ3v) is 3.04. The number of benzene rings is 1. The van der Waals surface area contributed by atoms with E-state index >= 15 is 0 Å². The lowest BCUT2D eigenvalue weighted by Gasteiger charge is -2.13. The Labute approximate surface area is 103 Å². The molecule has 1 aromatic rings. The van der Waals surface area contributed by atoms with Crippen molar-refractivity contribution in [2.24, 2.45) is 11.7 Å². The first kappa shape index (κ1) is 13.0. The van der Waals surface area contributed by atoms with E-state index < -0.39 is 0 Å². The van der Waals surface area contributed by atoms with E-state index in [9.17, 15) is 0 Å². The van der Waals surface area contributed by atoms with Gasteiger partial charge in [-0.2, -0.15) is 0 Å². The molecule has 0 aliphatic rings. The fourth-order valence-corrected chi connectivity index (χ4v) is 1.67. The molecule has 0 saturated carbocycles. The number of thiocarbonyl (C=S) groups is 1. The summed E-state index contributed by atoms with van der Waals surface area (Å²) in [6.07, 6.45) is 0.896. The molecule has 0 bridgehead atoms. The molecule has 3 heteroatoms. The molecular formula is C13H19NOS. The van der Waals surface area contributed by atoms with E-state index in [-0.39, 0.29) is 5.92 Å². The van der Waals surface area contributed by atoms with Crippen LogP contribution in [0.2, 0.25) is 0 Å². The summed E-state index contributed by atoms with van der Waals surface area (Å²) in [5.41, 5.74) is 8.13. The number of aryl methyl sites for hydroxylation is 1. The summed E-state index contributed by atoms with van der Waals surface area (Å²) in [5, 5.41) is 0. The molecular weight excluding hydrogens is 218 g/mol. The molecule has 1 atom stereocenters. The topological polar surface area (TPSA) is 35.2 Å². The van der Waals surface area contributed by atoms with Crippen LogP contribution in [0, 0.1) is 12.8 Å². The van der Waals surface area contributed by atoms with Crippen LogP contribution in [0.15, 0.2) is 18.2 Å². The van der Waals surface area contributed by atoms with Crippen LogP contribution in [0.25, 0.3) is 0 Å². The van der Waals surface area contributed by atoms with Crippen LogP contribution < -0.4 is 10.5 Å². The predicted molar refractivity (Wildman–Crippen MR) is 72.0 cm³/mol. The van der Waals surface area contributed by atoms with Gasteiger partial charge in [0.15, 0.2) is 0 Å². The van der Waals surface area contributed by atoms with Gasteiger partial charge in [0.2, 0.25) is 0 Å². The predicted octanol–water partition coefficient (Wildman–Crippen LogP) is 2.86. The maximum Gasteiger partial charge on any atom is 0.119 e. The SMILES string of the molecule is CCOc1ccc(CC(C)C(N)=S)c(C)c1. The van der Waals surface area contributed by atoms with E-state index in [1.165, 1.54) is 11.1 Å². The second-order valence-electron chi connectivity index (χ2n) is 4.03. The van der Waals surface area contributed by atoms with Crippen molar-refractivity contribution in [1.82, 2.24) is 0 Å². The summed E-state index contributed by atoms with van der Waals surface area (Å²) in [7, 11) is 0. The van der Waals surface area contributed by atoms with Crippen molar-refractivity contribution in [2.75, 3.05) is 6.61 Å². The highest BCUT2D eigenvalue weighted by Gasteiger charge is 2.08. The molecule has 0 fully saturated rings. The van der Waals surface area contributed by atoms with Crippen molar-refractivity contribution in [3.8, 4) is 5.75 Å². The standard InChI is InChI=1S/C13H19NOS/c1-4-15-12-6-5-11(9(2)8-12)7-10(3)13(14)16/h5-6,8,10H,4,7H2,1-3H3,(H2,14,16). The molecule has 0 spiro atoms. The van der Waals surface area contributed by atoms with E-state index in [0.29, 0.717) is 11.6 Å². The Morgan fingerprint density at radius 2 is 2.19 bits per heavy atom. The lowest BCUT2D eigenvalue weighted by atomic mass is 9.97. The molecule has 0 aromatic heterocycles. The maximum atomic E-state index is 5.62. The number of nitrogens with two attached hydrogens (primary N) is 1. The second-order valence-corrected chi connectivity index (χ2v) is 4.50. The fraction of sp³-hybridized carbons (Fsp3) is 0.462. The minimum Gasteiger partial charge on any atom is -0.494 e. The van der Waals surface area contributed by atoms with Crippen LogP contribution in [-0.2, 0) is 6.42 Å². The van der Waals surface area contributed by atoms with Crippen molar-refractivity contribution in [3.05, 3.63) is 29.3 Å². The summed E-state index contributed by atoms with van der Waals surface area (Å²) in [6, 6.07) is 6.15. The van der Waals surface area contributed by atoms with E-state index in [4.69, 9.17) is 22.7 Å². The molecule has 1 unspecified atom stereocenters. The van der Waals surface area contributed by atoms with Crippen molar-refractivity contribution < 1.29 is 4.74 Å². The minimum absolute atomic E-state index is 0.242. The summed E-state index contributed by atoms with van der Waals surface area (Å²) in [6.45, 7) is 6.82. The average molecular weight is 237 g/mol. The van der Waals surface area contributed by atoms with E-state index in [1.54, 1.807) is 0 Å². The number of rotatable bonds is 5. The zero-order valence-corrected chi connectivity index (χ0v) is 10.9. The van der Waals surface area contributed by atoms with Crippen LogP contribution in [0.3, 0.4) is 0 Å². The van der Waals surface area contributed by atoms with Gasteiger partial charge >= 0.3 is 0 Å². The van der Waals surface area contributed by atoms with E-state index in [1.807, 2.05) is 13.0 Å². The molecule has 0 aliphatic heterocycles. The molecule has 0 radical (unpaired) electrons. The molecule has 1 aromatic carbocycles. The van der Waals surface area contributed by atoms with Crippen molar-refractivity contribution in [3.63, 3.8) is 0 Å². The molecule has 0 amide bonds. The van der Waals surface area contributed by atoms with Gasteiger partial charge < -0.3 is 10.5 Å². The molecule has 2 nitrogen and oxygen atoms in total. The Morgan fingerprint density at radius 1 is 1.50 bits per heavy atom. The van der Waals surface area contributed by atoms with Gasteiger partial charge in [-0.1, -0.05) is 25.2 Å². The van der Waals surface area contributed by atoms with Gasteiger partial charge in [-0.3, -0.25) is 0 Å². The summed E-state index contributed by atoms with van der Waals surface area (Å²) in [4.78, 5) is 0.577.